The van der Waals surface area contributed by atoms with Crippen LogP contribution >= 0.6 is 0 Å². The quantitative estimate of drug-likeness (QED) is 0.406. The Morgan fingerprint density at radius 3 is 2.47 bits per heavy atom. The highest BCUT2D eigenvalue weighted by Crippen LogP contribution is 2.33. The zero-order chi connectivity index (χ0) is 25.2. The molecule has 1 aliphatic rings. The second kappa shape index (κ2) is 9.88. The number of nitrogens with zero attached hydrogens (tertiary/aromatic N) is 4. The van der Waals surface area contributed by atoms with Crippen LogP contribution in [0.2, 0.25) is 0 Å². The van der Waals surface area contributed by atoms with Gasteiger partial charge in [0.15, 0.2) is 29.0 Å². The Bertz CT molecular complexity index is 1380. The molecule has 0 bridgehead atoms. The van der Waals surface area contributed by atoms with Gasteiger partial charge in [0.2, 0.25) is 0 Å². The van der Waals surface area contributed by atoms with E-state index in [2.05, 4.69) is 21.5 Å². The number of hydrogen-bond acceptors (Lipinski definition) is 6. The molecule has 0 spiro atoms. The molecule has 8 nitrogen and oxygen atoms in total. The summed E-state index contributed by atoms with van der Waals surface area (Å²) in [4.78, 5) is 21.0. The Morgan fingerprint density at radius 1 is 1.11 bits per heavy atom. The van der Waals surface area contributed by atoms with E-state index in [1.165, 1.54) is 0 Å². The molecule has 10 heteroatoms. The van der Waals surface area contributed by atoms with E-state index in [1.54, 1.807) is 19.5 Å². The van der Waals surface area contributed by atoms with Crippen molar-refractivity contribution in [2.75, 3.05) is 13.7 Å². The fourth-order valence-corrected chi connectivity index (χ4v) is 4.58. The average Bonchev–Trinajstić information content (AvgIpc) is 3.34. The molecule has 36 heavy (non-hydrogen) atoms. The van der Waals surface area contributed by atoms with Crippen LogP contribution in [0.3, 0.4) is 0 Å². The summed E-state index contributed by atoms with van der Waals surface area (Å²) in [6.45, 7) is 0.419. The maximum atomic E-state index is 13.5. The molecule has 186 valence electrons. The fraction of sp³-hybridized carbons (Fsp3) is 0.308. The number of hydrogen-bond donors (Lipinski definition) is 2. The van der Waals surface area contributed by atoms with Crippen molar-refractivity contribution in [3.63, 3.8) is 0 Å². The van der Waals surface area contributed by atoms with Gasteiger partial charge in [-0.05, 0) is 49.8 Å². The Balaban J connectivity index is 1.18. The summed E-state index contributed by atoms with van der Waals surface area (Å²) in [7, 11) is 1.57. The Labute approximate surface area is 206 Å². The molecule has 0 atom stereocenters. The first-order valence-electron chi connectivity index (χ1n) is 11.7. The van der Waals surface area contributed by atoms with Crippen molar-refractivity contribution in [2.24, 2.45) is 5.92 Å². The smallest absolute Gasteiger partial charge is 0.251 e. The van der Waals surface area contributed by atoms with E-state index in [0.717, 1.165) is 54.3 Å². The van der Waals surface area contributed by atoms with Gasteiger partial charge in [-0.1, -0.05) is 12.1 Å². The second-order valence-corrected chi connectivity index (χ2v) is 9.00. The molecule has 0 unspecified atom stereocenters. The summed E-state index contributed by atoms with van der Waals surface area (Å²) in [6.07, 6.45) is 8.92. The molecule has 5 rings (SSSR count). The zero-order valence-corrected chi connectivity index (χ0v) is 19.6. The molecule has 2 aromatic carbocycles. The lowest BCUT2D eigenvalue weighted by molar-refractivity contribution is 0.0940. The highest BCUT2D eigenvalue weighted by atomic mass is 19.1. The lowest BCUT2D eigenvalue weighted by Crippen LogP contribution is -2.31. The molecule has 2 N–H and O–H groups in total. The van der Waals surface area contributed by atoms with Gasteiger partial charge < -0.3 is 15.2 Å². The number of aromatic nitrogens is 4. The molecule has 1 fully saturated rings. The lowest BCUT2D eigenvalue weighted by Gasteiger charge is -2.28. The highest BCUT2D eigenvalue weighted by Gasteiger charge is 2.24. The third-order valence-corrected chi connectivity index (χ3v) is 6.67. The Kier molecular flexibility index (Phi) is 6.49. The number of phenols is 1. The number of phenolic OH excluding ortho intramolecular Hbond substituents is 1. The summed E-state index contributed by atoms with van der Waals surface area (Å²) >= 11 is 0. The first-order chi connectivity index (χ1) is 17.4. The number of ether oxygens (including phenoxy) is 1. The molecular weight excluding hydrogens is 468 g/mol. The molecule has 1 aliphatic carbocycles. The number of carbonyl (C=O) groups is 1. The standard InChI is InChI=1S/C26H25F2N5O3/c1-36-20-12-29-25(30-13-20)16-4-5-17-14-33(32-23(17)10-16)19-6-2-15(3-7-19)11-31-26(35)18-8-21(27)24(34)22(28)9-18/h4-5,8-10,12-15,19,34H,2-3,6-7,11H2,1H3,(H,31,35)/t15-,19-. The number of methoxy groups -OCH3 is 1. The molecule has 1 amide bonds. The van der Waals surface area contributed by atoms with Crippen molar-refractivity contribution in [3.05, 3.63) is 66.1 Å². The molecule has 0 radical (unpaired) electrons. The van der Waals surface area contributed by atoms with Gasteiger partial charge in [-0.2, -0.15) is 5.10 Å². The number of carbonyl (C=O) groups excluding carboxylic acids is 1. The van der Waals surface area contributed by atoms with Crippen molar-refractivity contribution >= 4 is 16.8 Å². The maximum Gasteiger partial charge on any atom is 0.251 e. The predicted molar refractivity (Wildman–Crippen MR) is 129 cm³/mol. The third kappa shape index (κ3) is 4.84. The van der Waals surface area contributed by atoms with Crippen molar-refractivity contribution < 1.29 is 23.4 Å². The summed E-state index contributed by atoms with van der Waals surface area (Å²) in [5, 5.41) is 17.8. The zero-order valence-electron chi connectivity index (χ0n) is 19.6. The van der Waals surface area contributed by atoms with Gasteiger partial charge in [0, 0.05) is 29.3 Å². The molecule has 0 aliphatic heterocycles. The van der Waals surface area contributed by atoms with Gasteiger partial charge in [-0.25, -0.2) is 18.7 Å². The van der Waals surface area contributed by atoms with Crippen LogP contribution in [0.4, 0.5) is 8.78 Å². The van der Waals surface area contributed by atoms with Crippen molar-refractivity contribution in [1.82, 2.24) is 25.1 Å². The minimum atomic E-state index is -1.16. The third-order valence-electron chi connectivity index (χ3n) is 6.67. The minimum Gasteiger partial charge on any atom is -0.503 e. The minimum absolute atomic E-state index is 0.154. The molecule has 1 saturated carbocycles. The molecule has 0 saturated heterocycles. The first kappa shape index (κ1) is 23.7. The van der Waals surface area contributed by atoms with E-state index in [9.17, 15) is 18.7 Å². The fourth-order valence-electron chi connectivity index (χ4n) is 4.58. The Hall–Kier alpha value is -4.08. The van der Waals surface area contributed by atoms with Gasteiger partial charge in [0.1, 0.15) is 0 Å². The first-order valence-corrected chi connectivity index (χ1v) is 11.7. The van der Waals surface area contributed by atoms with Gasteiger partial charge >= 0.3 is 0 Å². The van der Waals surface area contributed by atoms with E-state index < -0.39 is 23.3 Å². The van der Waals surface area contributed by atoms with Crippen LogP contribution in [0.15, 0.2) is 48.9 Å². The second-order valence-electron chi connectivity index (χ2n) is 9.00. The van der Waals surface area contributed by atoms with Crippen molar-refractivity contribution in [1.29, 1.82) is 0 Å². The number of halogens is 2. The van der Waals surface area contributed by atoms with Gasteiger partial charge in [-0.15, -0.1) is 0 Å². The number of amides is 1. The van der Waals surface area contributed by atoms with E-state index in [4.69, 9.17) is 9.84 Å². The van der Waals surface area contributed by atoms with E-state index in [1.807, 2.05) is 22.9 Å². The molecular formula is C26H25F2N5O3. The molecule has 4 aromatic rings. The van der Waals surface area contributed by atoms with Crippen LogP contribution < -0.4 is 10.1 Å². The van der Waals surface area contributed by atoms with Crippen LogP contribution in [-0.2, 0) is 0 Å². The lowest BCUT2D eigenvalue weighted by atomic mass is 9.86. The van der Waals surface area contributed by atoms with Crippen molar-refractivity contribution in [2.45, 2.75) is 31.7 Å². The SMILES string of the molecule is COc1cnc(-c2ccc3cn([C@H]4CC[C@H](CNC(=O)c5cc(F)c(O)c(F)c5)CC4)nc3c2)nc1. The largest absolute Gasteiger partial charge is 0.503 e. The number of aromatic hydroxyl groups is 1. The van der Waals surface area contributed by atoms with Gasteiger partial charge in [-0.3, -0.25) is 9.48 Å². The van der Waals surface area contributed by atoms with Crippen LogP contribution in [0.5, 0.6) is 11.5 Å². The molecule has 2 aromatic heterocycles. The van der Waals surface area contributed by atoms with E-state index >= 15 is 0 Å². The number of benzene rings is 2. The number of rotatable bonds is 6. The summed E-state index contributed by atoms with van der Waals surface area (Å²) in [6, 6.07) is 7.88. The maximum absolute atomic E-state index is 13.5. The number of fused-ring (bicyclic) bond motifs is 1. The summed E-state index contributed by atoms with van der Waals surface area (Å²) in [5.74, 6) is -2.49. The normalized spacial score (nSPS) is 17.8. The highest BCUT2D eigenvalue weighted by molar-refractivity contribution is 5.94. The van der Waals surface area contributed by atoms with Crippen LogP contribution in [0, 0.1) is 17.6 Å². The predicted octanol–water partition coefficient (Wildman–Crippen LogP) is 4.65. The van der Waals surface area contributed by atoms with Gasteiger partial charge in [0.25, 0.3) is 5.91 Å². The average molecular weight is 494 g/mol. The van der Waals surface area contributed by atoms with Crippen LogP contribution in [0.25, 0.3) is 22.3 Å². The van der Waals surface area contributed by atoms with Crippen LogP contribution in [-0.4, -0.2) is 44.4 Å². The monoisotopic (exact) mass is 493 g/mol. The van der Waals surface area contributed by atoms with Gasteiger partial charge in [0.05, 0.1) is 31.1 Å². The number of nitrogens with one attached hydrogen (secondary N) is 1. The summed E-state index contributed by atoms with van der Waals surface area (Å²) < 4.78 is 34.2. The van der Waals surface area contributed by atoms with Crippen LogP contribution in [0.1, 0.15) is 42.1 Å². The van der Waals surface area contributed by atoms with E-state index in [0.29, 0.717) is 18.1 Å². The Morgan fingerprint density at radius 2 is 1.81 bits per heavy atom. The molecule has 2 heterocycles. The van der Waals surface area contributed by atoms with E-state index in [-0.39, 0.29) is 17.5 Å². The summed E-state index contributed by atoms with van der Waals surface area (Å²) in [5.41, 5.74) is 1.59. The topological polar surface area (TPSA) is 102 Å². The van der Waals surface area contributed by atoms with Crippen molar-refractivity contribution in [3.8, 4) is 22.9 Å².